The maximum Gasteiger partial charge on any atom is 0.265 e. The Hall–Kier alpha value is -2.38. The molecule has 3 N–H and O–H groups in total. The number of carbonyl (C=O) groups excluding carboxylic acids is 2. The van der Waals surface area contributed by atoms with Crippen molar-refractivity contribution >= 4 is 33.4 Å². The van der Waals surface area contributed by atoms with Gasteiger partial charge < -0.3 is 9.64 Å². The molecule has 0 saturated carbocycles. The number of hydrogen-bond acceptors (Lipinski definition) is 4. The summed E-state index contributed by atoms with van der Waals surface area (Å²) in [6, 6.07) is 14.0. The van der Waals surface area contributed by atoms with Crippen LogP contribution in [0.1, 0.15) is 10.4 Å². The molecule has 0 atom stereocenters. The second kappa shape index (κ2) is 7.75. The Kier molecular flexibility index (Phi) is 5.72. The number of amides is 2. The van der Waals surface area contributed by atoms with Crippen molar-refractivity contribution in [1.82, 2.24) is 5.43 Å². The maximum absolute atomic E-state index is 12.2. The minimum Gasteiger partial charge on any atom is -0.483 e. The van der Waals surface area contributed by atoms with Gasteiger partial charge in [-0.15, -0.1) is 0 Å². The molecule has 6 nitrogen and oxygen atoms in total. The lowest BCUT2D eigenvalue weighted by atomic mass is 10.2. The fraction of sp³-hybridized carbons (Fsp3) is 0.125. The van der Waals surface area contributed by atoms with Gasteiger partial charge in [0.05, 0.1) is 4.47 Å². The van der Waals surface area contributed by atoms with Gasteiger partial charge in [-0.3, -0.25) is 15.0 Å². The molecule has 23 heavy (non-hydrogen) atoms. The zero-order valence-electron chi connectivity index (χ0n) is 12.5. The van der Waals surface area contributed by atoms with Crippen LogP contribution in [-0.2, 0) is 4.79 Å². The number of para-hydroxylation sites is 1. The topological polar surface area (TPSA) is 84.7 Å². The van der Waals surface area contributed by atoms with Gasteiger partial charge in [-0.2, -0.15) is 0 Å². The molecular weight excluding hydrogens is 362 g/mol. The van der Waals surface area contributed by atoms with Crippen molar-refractivity contribution < 1.29 is 14.3 Å². The quantitative estimate of drug-likeness (QED) is 0.474. The summed E-state index contributed by atoms with van der Waals surface area (Å²) in [7, 11) is 1.69. The average molecular weight is 378 g/mol. The molecule has 0 fully saturated rings. The first-order valence-corrected chi connectivity index (χ1v) is 7.57. The van der Waals surface area contributed by atoms with E-state index in [0.717, 1.165) is 5.69 Å². The second-order valence-corrected chi connectivity index (χ2v) is 5.55. The van der Waals surface area contributed by atoms with Gasteiger partial charge in [0.25, 0.3) is 11.8 Å². The normalized spacial score (nSPS) is 10.0. The van der Waals surface area contributed by atoms with Crippen LogP contribution in [0.3, 0.4) is 0 Å². The van der Waals surface area contributed by atoms with Crippen LogP contribution in [0.2, 0.25) is 0 Å². The number of nitrogens with one attached hydrogen (secondary N) is 1. The number of benzene rings is 2. The van der Waals surface area contributed by atoms with E-state index >= 15 is 0 Å². The van der Waals surface area contributed by atoms with E-state index in [-0.39, 0.29) is 12.5 Å². The molecule has 2 amide bonds. The van der Waals surface area contributed by atoms with Gasteiger partial charge in [0.2, 0.25) is 0 Å². The summed E-state index contributed by atoms with van der Waals surface area (Å²) < 4.78 is 6.07. The third-order valence-corrected chi connectivity index (χ3v) is 3.81. The minimum atomic E-state index is -0.405. The van der Waals surface area contributed by atoms with Crippen LogP contribution in [0.25, 0.3) is 0 Å². The van der Waals surface area contributed by atoms with Crippen LogP contribution >= 0.6 is 15.9 Å². The third-order valence-electron chi connectivity index (χ3n) is 3.19. The smallest absolute Gasteiger partial charge is 0.265 e. The van der Waals surface area contributed by atoms with Gasteiger partial charge in [-0.1, -0.05) is 18.2 Å². The Balaban J connectivity index is 2.00. The second-order valence-electron chi connectivity index (χ2n) is 4.70. The lowest BCUT2D eigenvalue weighted by molar-refractivity contribution is -0.120. The van der Waals surface area contributed by atoms with E-state index < -0.39 is 5.91 Å². The average Bonchev–Trinajstić information content (AvgIpc) is 2.59. The summed E-state index contributed by atoms with van der Waals surface area (Å²) in [6.45, 7) is -0.119. The highest BCUT2D eigenvalue weighted by Gasteiger charge is 2.13. The molecule has 2 aromatic carbocycles. The predicted octanol–water partition coefficient (Wildman–Crippen LogP) is 2.09. The van der Waals surface area contributed by atoms with Crippen molar-refractivity contribution in [2.45, 2.75) is 0 Å². The van der Waals surface area contributed by atoms with Crippen molar-refractivity contribution in [2.24, 2.45) is 5.84 Å². The van der Waals surface area contributed by atoms with Crippen LogP contribution < -0.4 is 20.9 Å². The van der Waals surface area contributed by atoms with Crippen molar-refractivity contribution in [3.05, 3.63) is 58.6 Å². The summed E-state index contributed by atoms with van der Waals surface area (Å²) in [5, 5.41) is 0. The van der Waals surface area contributed by atoms with Gasteiger partial charge in [0, 0.05) is 18.3 Å². The summed E-state index contributed by atoms with van der Waals surface area (Å²) in [5.74, 6) is 4.96. The predicted molar refractivity (Wildman–Crippen MR) is 91.1 cm³/mol. The standard InChI is InChI=1S/C16H16BrN3O3/c1-20(12-5-3-2-4-6-12)15(21)10-23-14-8-7-11(9-13(14)17)16(22)19-18/h2-9H,10,18H2,1H3,(H,19,22). The molecule has 2 rings (SSSR count). The number of nitrogen functional groups attached to an aromatic ring is 1. The fourth-order valence-electron chi connectivity index (χ4n) is 1.87. The molecule has 0 bridgehead atoms. The Morgan fingerprint density at radius 2 is 1.91 bits per heavy atom. The molecule has 0 aliphatic heterocycles. The zero-order valence-corrected chi connectivity index (χ0v) is 14.0. The first kappa shape index (κ1) is 17.0. The van der Waals surface area contributed by atoms with Gasteiger partial charge in [-0.25, -0.2) is 5.84 Å². The number of nitrogens with zero attached hydrogens (tertiary/aromatic N) is 1. The van der Waals surface area contributed by atoms with Crippen LogP contribution in [0.5, 0.6) is 5.75 Å². The number of halogens is 1. The largest absolute Gasteiger partial charge is 0.483 e. The first-order valence-electron chi connectivity index (χ1n) is 6.78. The van der Waals surface area contributed by atoms with Crippen molar-refractivity contribution in [3.63, 3.8) is 0 Å². The van der Waals surface area contributed by atoms with Crippen LogP contribution in [0, 0.1) is 0 Å². The molecule has 0 aliphatic rings. The highest BCUT2D eigenvalue weighted by Crippen LogP contribution is 2.26. The summed E-state index contributed by atoms with van der Waals surface area (Å²) in [5.41, 5.74) is 3.23. The fourth-order valence-corrected chi connectivity index (χ4v) is 2.37. The van der Waals surface area contributed by atoms with Crippen molar-refractivity contribution in [1.29, 1.82) is 0 Å². The number of anilines is 1. The van der Waals surface area contributed by atoms with E-state index in [9.17, 15) is 9.59 Å². The molecule has 0 spiro atoms. The third kappa shape index (κ3) is 4.30. The highest BCUT2D eigenvalue weighted by molar-refractivity contribution is 9.10. The lowest BCUT2D eigenvalue weighted by Gasteiger charge is -2.18. The van der Waals surface area contributed by atoms with Crippen molar-refractivity contribution in [3.8, 4) is 5.75 Å². The van der Waals surface area contributed by atoms with E-state index in [2.05, 4.69) is 15.9 Å². The summed E-state index contributed by atoms with van der Waals surface area (Å²) >= 11 is 3.31. The molecule has 120 valence electrons. The Morgan fingerprint density at radius 1 is 1.22 bits per heavy atom. The molecule has 0 unspecified atom stereocenters. The monoisotopic (exact) mass is 377 g/mol. The number of likely N-dealkylation sites (N-methyl/N-ethyl adjacent to an activating group) is 1. The highest BCUT2D eigenvalue weighted by atomic mass is 79.9. The lowest BCUT2D eigenvalue weighted by Crippen LogP contribution is -2.31. The molecule has 2 aromatic rings. The molecule has 0 saturated heterocycles. The number of rotatable bonds is 5. The number of carbonyl (C=O) groups is 2. The SMILES string of the molecule is CN(C(=O)COc1ccc(C(=O)NN)cc1Br)c1ccccc1. The van der Waals surface area contributed by atoms with E-state index in [0.29, 0.717) is 15.8 Å². The van der Waals surface area contributed by atoms with Gasteiger partial charge >= 0.3 is 0 Å². The molecule has 0 heterocycles. The van der Waals surface area contributed by atoms with Crippen LogP contribution in [-0.4, -0.2) is 25.5 Å². The molecule has 0 aliphatic carbocycles. The van der Waals surface area contributed by atoms with Crippen LogP contribution in [0.4, 0.5) is 5.69 Å². The molecule has 0 radical (unpaired) electrons. The number of nitrogens with two attached hydrogens (primary N) is 1. The molecular formula is C16H16BrN3O3. The maximum atomic E-state index is 12.2. The van der Waals surface area contributed by atoms with Gasteiger partial charge in [0.1, 0.15) is 5.75 Å². The molecule has 0 aromatic heterocycles. The van der Waals surface area contributed by atoms with E-state index in [1.807, 2.05) is 35.8 Å². The van der Waals surface area contributed by atoms with Gasteiger partial charge in [0.15, 0.2) is 6.61 Å². The Bertz CT molecular complexity index is 707. The molecule has 7 heteroatoms. The summed E-state index contributed by atoms with van der Waals surface area (Å²) in [4.78, 5) is 25.1. The zero-order chi connectivity index (χ0) is 16.8. The van der Waals surface area contributed by atoms with Crippen molar-refractivity contribution in [2.75, 3.05) is 18.6 Å². The number of hydrogen-bond donors (Lipinski definition) is 2. The Labute approximate surface area is 142 Å². The minimum absolute atomic E-state index is 0.119. The van der Waals surface area contributed by atoms with E-state index in [1.165, 1.54) is 4.90 Å². The van der Waals surface area contributed by atoms with E-state index in [4.69, 9.17) is 10.6 Å². The number of hydrazine groups is 1. The van der Waals surface area contributed by atoms with E-state index in [1.54, 1.807) is 25.2 Å². The van der Waals surface area contributed by atoms with Crippen LogP contribution in [0.15, 0.2) is 53.0 Å². The van der Waals surface area contributed by atoms with Gasteiger partial charge in [-0.05, 0) is 46.3 Å². The summed E-state index contributed by atoms with van der Waals surface area (Å²) in [6.07, 6.45) is 0. The Morgan fingerprint density at radius 3 is 2.52 bits per heavy atom. The first-order chi connectivity index (χ1) is 11.0. The number of ether oxygens (including phenoxy) is 1.